The second-order valence-electron chi connectivity index (χ2n) is 7.18. The first-order valence-electron chi connectivity index (χ1n) is 9.14. The third kappa shape index (κ3) is 6.11. The summed E-state index contributed by atoms with van der Waals surface area (Å²) in [4.78, 5) is 3.08. The molecule has 1 aromatic carbocycles. The van der Waals surface area contributed by atoms with Crippen LogP contribution in [0.15, 0.2) is 36.5 Å². The van der Waals surface area contributed by atoms with E-state index in [4.69, 9.17) is 0 Å². The molecule has 186 valence electrons. The van der Waals surface area contributed by atoms with Crippen LogP contribution in [-0.2, 0) is 24.1 Å². The van der Waals surface area contributed by atoms with Crippen LogP contribution < -0.4 is 0 Å². The summed E-state index contributed by atoms with van der Waals surface area (Å²) < 4.78 is 119. The van der Waals surface area contributed by atoms with Gasteiger partial charge in [-0.15, -0.1) is 0 Å². The molecule has 0 amide bonds. The zero-order chi connectivity index (χ0) is 26.1. The lowest BCUT2D eigenvalue weighted by molar-refractivity contribution is -0.144. The molecule has 2 N–H and O–H groups in total. The van der Waals surface area contributed by atoms with E-state index in [0.717, 1.165) is 6.07 Å². The Morgan fingerprint density at radius 2 is 1.38 bits per heavy atom. The molecule has 0 saturated heterocycles. The Hall–Kier alpha value is -2.12. The second-order valence-corrected chi connectivity index (χ2v) is 8.26. The van der Waals surface area contributed by atoms with Gasteiger partial charge in [-0.2, -0.15) is 44.8 Å². The number of pyridine rings is 1. The van der Waals surface area contributed by atoms with Crippen LogP contribution in [0.4, 0.5) is 39.5 Å². The van der Waals surface area contributed by atoms with Crippen LogP contribution in [0.25, 0.3) is 0 Å². The molecule has 0 spiro atoms. The van der Waals surface area contributed by atoms with E-state index in [1.807, 2.05) is 0 Å². The van der Waals surface area contributed by atoms with Crippen molar-refractivity contribution in [2.45, 2.75) is 36.7 Å². The minimum atomic E-state index is -5.26. The molecule has 0 bridgehead atoms. The molecule has 4 nitrogen and oxygen atoms in total. The van der Waals surface area contributed by atoms with Crippen molar-refractivity contribution in [1.82, 2.24) is 4.98 Å². The second kappa shape index (κ2) is 9.86. The van der Waals surface area contributed by atoms with Gasteiger partial charge in [-0.25, -0.2) is 0 Å². The normalized spacial score (nSPS) is 16.4. The zero-order valence-electron chi connectivity index (χ0n) is 16.6. The maximum Gasteiger partial charge on any atom is 0.433 e. The van der Waals surface area contributed by atoms with E-state index in [9.17, 15) is 55.0 Å². The fourth-order valence-corrected chi connectivity index (χ4v) is 4.07. The number of aromatic nitrogens is 1. The summed E-state index contributed by atoms with van der Waals surface area (Å²) in [5.74, 6) is -2.14. The molecule has 0 aliphatic carbocycles. The SMILES string of the molecule is N#CC(C(O)c1ccnc(C(F)(F)F)c1)C(O)(CCI)c1cc(C(F)(F)F)cc(C(F)(F)F)c1. The minimum absolute atomic E-state index is 0.0963. The van der Waals surface area contributed by atoms with E-state index in [1.165, 1.54) is 6.07 Å². The van der Waals surface area contributed by atoms with Gasteiger partial charge in [-0.3, -0.25) is 4.98 Å². The first kappa shape index (κ1) is 28.1. The number of hydrogen-bond acceptors (Lipinski definition) is 4. The molecule has 2 rings (SSSR count). The largest absolute Gasteiger partial charge is 0.433 e. The van der Waals surface area contributed by atoms with E-state index < -0.39 is 70.5 Å². The van der Waals surface area contributed by atoms with Crippen LogP contribution in [0.5, 0.6) is 0 Å². The Balaban J connectivity index is 2.72. The molecular weight excluding hydrogens is 598 g/mol. The standard InChI is InChI=1S/C20H14F9IN2O2/c21-18(22,23)12-6-11(7-13(8-12)19(24,25)26)17(34,2-3-30)14(9-31)16(33)10-1-4-32-15(5-10)20(27,28)29/h1,4-8,14,16,33-34H,2-3H2. The maximum absolute atomic E-state index is 13.3. The number of aliphatic hydroxyl groups excluding tert-OH is 1. The van der Waals surface area contributed by atoms with Crippen molar-refractivity contribution in [2.75, 3.05) is 4.43 Å². The summed E-state index contributed by atoms with van der Waals surface area (Å²) >= 11 is 1.64. The highest BCUT2D eigenvalue weighted by atomic mass is 127. The molecule has 0 fully saturated rings. The van der Waals surface area contributed by atoms with Gasteiger partial charge in [-0.1, -0.05) is 22.6 Å². The van der Waals surface area contributed by atoms with Crippen LogP contribution in [0.3, 0.4) is 0 Å². The summed E-state index contributed by atoms with van der Waals surface area (Å²) in [6, 6.07) is 2.93. The molecule has 0 aliphatic rings. The number of nitriles is 1. The van der Waals surface area contributed by atoms with Crippen molar-refractivity contribution in [3.8, 4) is 6.07 Å². The van der Waals surface area contributed by atoms with Gasteiger partial charge in [0.15, 0.2) is 0 Å². The van der Waals surface area contributed by atoms with Gasteiger partial charge in [-0.05, 0) is 47.9 Å². The van der Waals surface area contributed by atoms with Crippen molar-refractivity contribution in [3.05, 3.63) is 64.5 Å². The molecule has 2 aromatic rings. The first-order valence-corrected chi connectivity index (χ1v) is 10.7. The quantitative estimate of drug-likeness (QED) is 0.238. The van der Waals surface area contributed by atoms with Crippen molar-refractivity contribution in [3.63, 3.8) is 0 Å². The zero-order valence-corrected chi connectivity index (χ0v) is 18.8. The van der Waals surface area contributed by atoms with Gasteiger partial charge in [0, 0.05) is 10.6 Å². The molecular formula is C20H14F9IN2O2. The number of halogens is 10. The van der Waals surface area contributed by atoms with Crippen LogP contribution in [0.1, 0.15) is 40.5 Å². The highest BCUT2D eigenvalue weighted by molar-refractivity contribution is 14.1. The summed E-state index contributed by atoms with van der Waals surface area (Å²) in [5, 5.41) is 31.5. The number of aliphatic hydroxyl groups is 2. The topological polar surface area (TPSA) is 77.1 Å². The van der Waals surface area contributed by atoms with Gasteiger partial charge in [0.2, 0.25) is 0 Å². The predicted molar refractivity (Wildman–Crippen MR) is 107 cm³/mol. The smallest absolute Gasteiger partial charge is 0.387 e. The average molecular weight is 612 g/mol. The fourth-order valence-electron chi connectivity index (χ4n) is 3.25. The molecule has 0 aliphatic heterocycles. The number of hydrogen-bond donors (Lipinski definition) is 2. The Labute approximate surface area is 200 Å². The molecule has 34 heavy (non-hydrogen) atoms. The number of nitrogens with zero attached hydrogens (tertiary/aromatic N) is 2. The van der Waals surface area contributed by atoms with Gasteiger partial charge < -0.3 is 10.2 Å². The van der Waals surface area contributed by atoms with E-state index in [2.05, 4.69) is 4.98 Å². The monoisotopic (exact) mass is 612 g/mol. The summed E-state index contributed by atoms with van der Waals surface area (Å²) in [5.41, 5.74) is -9.32. The van der Waals surface area contributed by atoms with Crippen molar-refractivity contribution in [1.29, 1.82) is 5.26 Å². The lowest BCUT2D eigenvalue weighted by Gasteiger charge is -2.36. The predicted octanol–water partition coefficient (Wildman–Crippen LogP) is 6.02. The lowest BCUT2D eigenvalue weighted by Crippen LogP contribution is -2.39. The van der Waals surface area contributed by atoms with Crippen molar-refractivity contribution in [2.24, 2.45) is 5.92 Å². The summed E-state index contributed by atoms with van der Waals surface area (Å²) in [7, 11) is 0. The molecule has 3 atom stereocenters. The number of rotatable bonds is 6. The van der Waals surface area contributed by atoms with Crippen molar-refractivity contribution < 1.29 is 49.7 Å². The molecule has 1 aromatic heterocycles. The van der Waals surface area contributed by atoms with Crippen LogP contribution in [0, 0.1) is 17.2 Å². The summed E-state index contributed by atoms with van der Waals surface area (Å²) in [6.07, 6.45) is -17.6. The Kier molecular flexibility index (Phi) is 8.15. The van der Waals surface area contributed by atoms with E-state index in [-0.39, 0.29) is 22.6 Å². The van der Waals surface area contributed by atoms with Crippen LogP contribution in [-0.4, -0.2) is 19.6 Å². The third-order valence-electron chi connectivity index (χ3n) is 4.95. The fraction of sp³-hybridized carbons (Fsp3) is 0.400. The van der Waals surface area contributed by atoms with Crippen molar-refractivity contribution >= 4 is 22.6 Å². The van der Waals surface area contributed by atoms with E-state index in [0.29, 0.717) is 12.3 Å². The average Bonchev–Trinajstić information content (AvgIpc) is 2.72. The van der Waals surface area contributed by atoms with Gasteiger partial charge >= 0.3 is 18.5 Å². The highest BCUT2D eigenvalue weighted by Crippen LogP contribution is 2.45. The third-order valence-corrected chi connectivity index (χ3v) is 5.49. The Morgan fingerprint density at radius 3 is 1.79 bits per heavy atom. The molecule has 0 saturated carbocycles. The Bertz CT molecular complexity index is 1030. The van der Waals surface area contributed by atoms with Gasteiger partial charge in [0.25, 0.3) is 0 Å². The minimum Gasteiger partial charge on any atom is -0.387 e. The molecule has 3 unspecified atom stereocenters. The van der Waals surface area contributed by atoms with Crippen LogP contribution >= 0.6 is 22.6 Å². The molecule has 0 radical (unpaired) electrons. The lowest BCUT2D eigenvalue weighted by atomic mass is 9.74. The first-order chi connectivity index (χ1) is 15.4. The van der Waals surface area contributed by atoms with Gasteiger partial charge in [0.1, 0.15) is 17.2 Å². The number of alkyl halides is 10. The van der Waals surface area contributed by atoms with Gasteiger partial charge in [0.05, 0.1) is 23.3 Å². The Morgan fingerprint density at radius 1 is 0.882 bits per heavy atom. The number of benzene rings is 1. The molecule has 1 heterocycles. The molecule has 14 heteroatoms. The highest BCUT2D eigenvalue weighted by Gasteiger charge is 2.46. The maximum atomic E-state index is 13.3. The van der Waals surface area contributed by atoms with E-state index >= 15 is 0 Å². The van der Waals surface area contributed by atoms with Crippen LogP contribution in [0.2, 0.25) is 0 Å². The van der Waals surface area contributed by atoms with E-state index in [1.54, 1.807) is 22.6 Å². The summed E-state index contributed by atoms with van der Waals surface area (Å²) in [6.45, 7) is 0.